The van der Waals surface area contributed by atoms with E-state index < -0.39 is 23.4 Å². The third-order valence-corrected chi connectivity index (χ3v) is 6.95. The van der Waals surface area contributed by atoms with Crippen molar-refractivity contribution in [1.82, 2.24) is 15.1 Å². The number of carbonyl (C=O) groups is 2. The highest BCUT2D eigenvalue weighted by Gasteiger charge is 2.52. The van der Waals surface area contributed by atoms with E-state index in [0.29, 0.717) is 17.1 Å². The number of hydrogen-bond acceptors (Lipinski definition) is 8. The minimum absolute atomic E-state index is 0.00628. The van der Waals surface area contributed by atoms with Crippen LogP contribution in [0.4, 0.5) is 0 Å². The molecule has 0 saturated carbocycles. The molecule has 118 valence electrons. The molecule has 3 heterocycles. The Bertz CT molecular complexity index is 660. The minimum atomic E-state index is -1.13. The lowest BCUT2D eigenvalue weighted by Crippen LogP contribution is -2.64. The van der Waals surface area contributed by atoms with Crippen molar-refractivity contribution in [2.24, 2.45) is 0 Å². The molecule has 2 N–H and O–H groups in total. The Kier molecular flexibility index (Phi) is 4.44. The first-order valence-corrected chi connectivity index (χ1v) is 9.41. The van der Waals surface area contributed by atoms with Gasteiger partial charge in [0.05, 0.1) is 0 Å². The molecule has 3 rings (SSSR count). The van der Waals surface area contributed by atoms with Crippen LogP contribution in [0, 0.1) is 0 Å². The molecule has 0 unspecified atom stereocenters. The lowest BCUT2D eigenvalue weighted by Gasteiger charge is -2.47. The van der Waals surface area contributed by atoms with Gasteiger partial charge in [-0.25, -0.2) is 4.79 Å². The van der Waals surface area contributed by atoms with Crippen LogP contribution in [0.2, 0.25) is 0 Å². The second-order valence-corrected chi connectivity index (χ2v) is 8.11. The summed E-state index contributed by atoms with van der Waals surface area (Å²) in [5.74, 6) is -0.743. The minimum Gasteiger partial charge on any atom is -0.477 e. The topological polar surface area (TPSA) is 104 Å². The summed E-state index contributed by atoms with van der Waals surface area (Å²) in [6, 6.07) is 0. The largest absolute Gasteiger partial charge is 0.477 e. The summed E-state index contributed by atoms with van der Waals surface area (Å²) in [6.45, 7) is 2.00. The fourth-order valence-corrected chi connectivity index (χ4v) is 5.47. The van der Waals surface area contributed by atoms with Gasteiger partial charge in [0.15, 0.2) is 10.4 Å². The SMILES string of the molecule is CCc1nnc(SCC2=C(C(=O)O)N3C(=O)[C@@H](O)[C@@H]3SC2)s1. The van der Waals surface area contributed by atoms with Crippen LogP contribution in [0.3, 0.4) is 0 Å². The van der Waals surface area contributed by atoms with Crippen molar-refractivity contribution < 1.29 is 19.8 Å². The summed E-state index contributed by atoms with van der Waals surface area (Å²) < 4.78 is 0.788. The molecule has 1 aromatic rings. The molecule has 22 heavy (non-hydrogen) atoms. The van der Waals surface area contributed by atoms with E-state index in [2.05, 4.69) is 10.2 Å². The fraction of sp³-hybridized carbons (Fsp3) is 0.500. The Balaban J connectivity index is 1.78. The molecule has 0 bridgehead atoms. The first-order chi connectivity index (χ1) is 10.5. The lowest BCUT2D eigenvalue weighted by atomic mass is 10.1. The van der Waals surface area contributed by atoms with Crippen molar-refractivity contribution in [3.8, 4) is 0 Å². The van der Waals surface area contributed by atoms with E-state index in [4.69, 9.17) is 0 Å². The molecular weight excluding hydrogens is 346 g/mol. The average Bonchev–Trinajstić information content (AvgIpc) is 2.99. The number of aliphatic carboxylic acids is 1. The maximum Gasteiger partial charge on any atom is 0.352 e. The molecule has 0 aliphatic carbocycles. The molecule has 0 radical (unpaired) electrons. The van der Waals surface area contributed by atoms with Crippen molar-refractivity contribution >= 4 is 46.7 Å². The molecule has 0 spiro atoms. The third kappa shape index (κ3) is 2.64. The van der Waals surface area contributed by atoms with Crippen LogP contribution in [0.1, 0.15) is 11.9 Å². The molecule has 10 heteroatoms. The molecule has 1 fully saturated rings. The van der Waals surface area contributed by atoms with Gasteiger partial charge < -0.3 is 10.2 Å². The molecule has 2 aliphatic rings. The lowest BCUT2D eigenvalue weighted by molar-refractivity contribution is -0.159. The Hall–Kier alpha value is -1.10. The van der Waals surface area contributed by atoms with Crippen LogP contribution in [0.15, 0.2) is 15.6 Å². The summed E-state index contributed by atoms with van der Waals surface area (Å²) in [4.78, 5) is 24.4. The smallest absolute Gasteiger partial charge is 0.352 e. The number of aryl methyl sites for hydroxylation is 1. The summed E-state index contributed by atoms with van der Waals surface area (Å²) in [7, 11) is 0. The van der Waals surface area contributed by atoms with Gasteiger partial charge in [0, 0.05) is 11.5 Å². The van der Waals surface area contributed by atoms with E-state index >= 15 is 0 Å². The molecule has 1 saturated heterocycles. The fourth-order valence-electron chi connectivity index (χ4n) is 2.23. The number of rotatable bonds is 5. The summed E-state index contributed by atoms with van der Waals surface area (Å²) in [6.07, 6.45) is -0.275. The van der Waals surface area contributed by atoms with Crippen molar-refractivity contribution in [3.63, 3.8) is 0 Å². The van der Waals surface area contributed by atoms with Gasteiger partial charge in [0.2, 0.25) is 0 Å². The zero-order valence-corrected chi connectivity index (χ0v) is 14.0. The van der Waals surface area contributed by atoms with Gasteiger partial charge >= 0.3 is 5.97 Å². The predicted molar refractivity (Wildman–Crippen MR) is 83.8 cm³/mol. The van der Waals surface area contributed by atoms with Gasteiger partial charge in [0.25, 0.3) is 5.91 Å². The number of aromatic nitrogens is 2. The van der Waals surface area contributed by atoms with Crippen LogP contribution in [0.25, 0.3) is 0 Å². The highest BCUT2D eigenvalue weighted by atomic mass is 32.2. The zero-order valence-electron chi connectivity index (χ0n) is 11.6. The standard InChI is InChI=1S/C12H13N3O4S3/c1-2-6-13-14-12(22-6)21-4-5-3-20-10-8(16)9(17)15(10)7(5)11(18)19/h8,10,16H,2-4H2,1H3,(H,18,19)/t8-,10+/m1/s1. The number of carboxylic acid groups (broad SMARTS) is 1. The van der Waals surface area contributed by atoms with Crippen LogP contribution in [-0.2, 0) is 16.0 Å². The number of carboxylic acids is 1. The number of carbonyl (C=O) groups excluding carboxylic acids is 1. The maximum absolute atomic E-state index is 11.7. The molecule has 2 atom stereocenters. The molecule has 1 amide bonds. The predicted octanol–water partition coefficient (Wildman–Crippen LogP) is 0.807. The van der Waals surface area contributed by atoms with E-state index in [-0.39, 0.29) is 5.70 Å². The van der Waals surface area contributed by atoms with Crippen LogP contribution in [0.5, 0.6) is 0 Å². The number of hydrogen-bond donors (Lipinski definition) is 2. The Morgan fingerprint density at radius 2 is 2.27 bits per heavy atom. The van der Waals surface area contributed by atoms with Crippen molar-refractivity contribution in [3.05, 3.63) is 16.3 Å². The van der Waals surface area contributed by atoms with Gasteiger partial charge in [0.1, 0.15) is 16.1 Å². The highest BCUT2D eigenvalue weighted by molar-refractivity contribution is 8.01. The van der Waals surface area contributed by atoms with Crippen molar-refractivity contribution in [2.75, 3.05) is 11.5 Å². The Labute approximate surface area is 138 Å². The summed E-state index contributed by atoms with van der Waals surface area (Å²) in [5, 5.41) is 27.5. The molecule has 0 aromatic carbocycles. The highest BCUT2D eigenvalue weighted by Crippen LogP contribution is 2.41. The number of β-lactam (4-membered cyclic amide) rings is 1. The van der Waals surface area contributed by atoms with Crippen LogP contribution in [-0.4, -0.2) is 60.2 Å². The number of nitrogens with zero attached hydrogens (tertiary/aromatic N) is 3. The first-order valence-electron chi connectivity index (χ1n) is 6.56. The van der Waals surface area contributed by atoms with Crippen LogP contribution < -0.4 is 0 Å². The van der Waals surface area contributed by atoms with E-state index in [1.165, 1.54) is 39.8 Å². The van der Waals surface area contributed by atoms with Gasteiger partial charge in [-0.1, -0.05) is 30.0 Å². The second kappa shape index (κ2) is 6.19. The summed E-state index contributed by atoms with van der Waals surface area (Å²) in [5.41, 5.74) is 0.680. The normalized spacial score (nSPS) is 24.3. The quantitative estimate of drug-likeness (QED) is 0.588. The van der Waals surface area contributed by atoms with Crippen molar-refractivity contribution in [2.45, 2.75) is 29.2 Å². The van der Waals surface area contributed by atoms with Gasteiger partial charge in [-0.05, 0) is 12.0 Å². The number of amides is 1. The zero-order chi connectivity index (χ0) is 15.9. The number of fused-ring (bicyclic) bond motifs is 1. The van der Waals surface area contributed by atoms with Gasteiger partial charge in [-0.15, -0.1) is 22.0 Å². The summed E-state index contributed by atoms with van der Waals surface area (Å²) >= 11 is 4.30. The number of thioether (sulfide) groups is 2. The Morgan fingerprint density at radius 1 is 1.50 bits per heavy atom. The van der Waals surface area contributed by atoms with E-state index in [1.807, 2.05) is 6.92 Å². The van der Waals surface area contributed by atoms with Gasteiger partial charge in [-0.3, -0.25) is 9.69 Å². The molecule has 7 nitrogen and oxygen atoms in total. The Morgan fingerprint density at radius 3 is 2.91 bits per heavy atom. The maximum atomic E-state index is 11.7. The van der Waals surface area contributed by atoms with E-state index in [9.17, 15) is 19.8 Å². The number of aliphatic hydroxyl groups excluding tert-OH is 1. The molecule has 2 aliphatic heterocycles. The third-order valence-electron chi connectivity index (χ3n) is 3.34. The average molecular weight is 359 g/mol. The van der Waals surface area contributed by atoms with Crippen LogP contribution >= 0.6 is 34.9 Å². The van der Waals surface area contributed by atoms with Crippen molar-refractivity contribution in [1.29, 1.82) is 0 Å². The molecule has 1 aromatic heterocycles. The first kappa shape index (κ1) is 15.8. The van der Waals surface area contributed by atoms with E-state index in [1.54, 1.807) is 0 Å². The number of aliphatic hydroxyl groups is 1. The van der Waals surface area contributed by atoms with E-state index in [0.717, 1.165) is 15.8 Å². The monoisotopic (exact) mass is 359 g/mol. The molecular formula is C12H13N3O4S3. The van der Waals surface area contributed by atoms with Gasteiger partial charge in [-0.2, -0.15) is 0 Å². The second-order valence-electron chi connectivity index (χ2n) is 4.72.